The van der Waals surface area contributed by atoms with Crippen molar-refractivity contribution in [2.24, 2.45) is 0 Å². The van der Waals surface area contributed by atoms with Crippen molar-refractivity contribution in [2.45, 2.75) is 20.4 Å². The molecule has 5 heteroatoms. The Kier molecular flexibility index (Phi) is 4.96. The highest BCUT2D eigenvalue weighted by molar-refractivity contribution is 5.91. The van der Waals surface area contributed by atoms with E-state index < -0.39 is 0 Å². The molecule has 0 fully saturated rings. The first-order chi connectivity index (χ1) is 14.0. The molecular formula is C24H21N3O2. The minimum absolute atomic E-state index is 0.145. The normalized spacial score (nSPS) is 10.8. The van der Waals surface area contributed by atoms with Gasteiger partial charge in [-0.2, -0.15) is 5.10 Å². The largest absolute Gasteiger partial charge is 0.324 e. The highest BCUT2D eigenvalue weighted by Gasteiger charge is 2.10. The Morgan fingerprint density at radius 1 is 0.931 bits per heavy atom. The van der Waals surface area contributed by atoms with E-state index in [0.29, 0.717) is 5.69 Å². The summed E-state index contributed by atoms with van der Waals surface area (Å²) in [6.45, 7) is 3.79. The maximum Gasteiger partial charge on any atom is 0.267 e. The van der Waals surface area contributed by atoms with Gasteiger partial charge in [0.2, 0.25) is 5.91 Å². The van der Waals surface area contributed by atoms with Gasteiger partial charge < -0.3 is 5.32 Å². The molecule has 144 valence electrons. The molecule has 0 spiro atoms. The minimum atomic E-state index is -0.315. The summed E-state index contributed by atoms with van der Waals surface area (Å²) in [5.74, 6) is -0.290. The fourth-order valence-electron chi connectivity index (χ4n) is 3.34. The third kappa shape index (κ3) is 4.09. The lowest BCUT2D eigenvalue weighted by atomic mass is 10.1. The van der Waals surface area contributed by atoms with Gasteiger partial charge in [0.25, 0.3) is 5.56 Å². The van der Waals surface area contributed by atoms with E-state index in [4.69, 9.17) is 0 Å². The average molecular weight is 383 g/mol. The smallest absolute Gasteiger partial charge is 0.267 e. The zero-order valence-corrected chi connectivity index (χ0v) is 16.3. The molecule has 1 aromatic heterocycles. The number of benzene rings is 3. The van der Waals surface area contributed by atoms with Crippen molar-refractivity contribution in [3.63, 3.8) is 0 Å². The monoisotopic (exact) mass is 383 g/mol. The lowest BCUT2D eigenvalue weighted by molar-refractivity contribution is -0.117. The number of fused-ring (bicyclic) bond motifs is 1. The second-order valence-corrected chi connectivity index (χ2v) is 7.14. The van der Waals surface area contributed by atoms with Crippen LogP contribution < -0.4 is 10.9 Å². The highest BCUT2D eigenvalue weighted by atomic mass is 16.2. The van der Waals surface area contributed by atoms with Crippen molar-refractivity contribution in [3.8, 4) is 11.3 Å². The molecule has 4 aromatic rings. The maximum absolute atomic E-state index is 12.5. The number of nitrogens with one attached hydrogen (secondary N) is 1. The van der Waals surface area contributed by atoms with Gasteiger partial charge in [-0.25, -0.2) is 4.68 Å². The Balaban J connectivity index is 1.59. The summed E-state index contributed by atoms with van der Waals surface area (Å²) >= 11 is 0. The molecule has 0 unspecified atom stereocenters. The van der Waals surface area contributed by atoms with Gasteiger partial charge in [0.15, 0.2) is 0 Å². The van der Waals surface area contributed by atoms with Crippen molar-refractivity contribution >= 4 is 22.4 Å². The van der Waals surface area contributed by atoms with Crippen molar-refractivity contribution in [1.29, 1.82) is 0 Å². The number of aromatic nitrogens is 2. The van der Waals surface area contributed by atoms with Crippen LogP contribution in [0.25, 0.3) is 22.0 Å². The second kappa shape index (κ2) is 7.72. The van der Waals surface area contributed by atoms with Gasteiger partial charge in [-0.05, 0) is 48.4 Å². The summed E-state index contributed by atoms with van der Waals surface area (Å²) in [6, 6.07) is 23.0. The van der Waals surface area contributed by atoms with Gasteiger partial charge >= 0.3 is 0 Å². The highest BCUT2D eigenvalue weighted by Crippen LogP contribution is 2.22. The molecule has 29 heavy (non-hydrogen) atoms. The molecule has 0 aliphatic heterocycles. The van der Waals surface area contributed by atoms with Gasteiger partial charge in [-0.15, -0.1) is 0 Å². The number of hydrogen-bond donors (Lipinski definition) is 1. The molecule has 1 amide bonds. The number of aryl methyl sites for hydroxylation is 2. The first-order valence-electron chi connectivity index (χ1n) is 9.44. The summed E-state index contributed by atoms with van der Waals surface area (Å²) in [5.41, 5.74) is 4.07. The molecule has 0 bridgehead atoms. The van der Waals surface area contributed by atoms with E-state index in [1.54, 1.807) is 6.07 Å². The molecule has 5 nitrogen and oxygen atoms in total. The van der Waals surface area contributed by atoms with Crippen molar-refractivity contribution in [2.75, 3.05) is 5.32 Å². The van der Waals surface area contributed by atoms with Crippen LogP contribution in [0.1, 0.15) is 11.1 Å². The lowest BCUT2D eigenvalue weighted by Crippen LogP contribution is -2.29. The fraction of sp³-hybridized carbons (Fsp3) is 0.125. The molecule has 0 saturated heterocycles. The minimum Gasteiger partial charge on any atom is -0.324 e. The summed E-state index contributed by atoms with van der Waals surface area (Å²) in [4.78, 5) is 24.7. The summed E-state index contributed by atoms with van der Waals surface area (Å²) in [7, 11) is 0. The molecule has 3 aromatic carbocycles. The molecule has 1 N–H and O–H groups in total. The Morgan fingerprint density at radius 2 is 1.72 bits per heavy atom. The Hall–Kier alpha value is -3.73. The van der Waals surface area contributed by atoms with Crippen LogP contribution in [0, 0.1) is 13.8 Å². The van der Waals surface area contributed by atoms with Gasteiger partial charge in [-0.3, -0.25) is 9.59 Å². The second-order valence-electron chi connectivity index (χ2n) is 7.14. The standard InChI is InChI=1S/C24H21N3O2/c1-16-7-10-21(17(2)13-16)25-23(28)15-27-24(29)12-11-22(26-27)20-9-8-18-5-3-4-6-19(18)14-20/h3-14H,15H2,1-2H3,(H,25,28). The summed E-state index contributed by atoms with van der Waals surface area (Å²) in [6.07, 6.45) is 0. The number of hydrogen-bond acceptors (Lipinski definition) is 3. The number of nitrogens with zero attached hydrogens (tertiary/aromatic N) is 2. The molecule has 0 radical (unpaired) electrons. The Bertz CT molecular complexity index is 1270. The Morgan fingerprint density at radius 3 is 2.52 bits per heavy atom. The van der Waals surface area contributed by atoms with E-state index in [2.05, 4.69) is 10.4 Å². The number of rotatable bonds is 4. The molecular weight excluding hydrogens is 362 g/mol. The van der Waals surface area contributed by atoms with Crippen molar-refractivity contribution in [1.82, 2.24) is 9.78 Å². The SMILES string of the molecule is Cc1ccc(NC(=O)Cn2nc(-c3ccc4ccccc4c3)ccc2=O)c(C)c1. The molecule has 0 aliphatic rings. The first-order valence-corrected chi connectivity index (χ1v) is 9.44. The third-order valence-electron chi connectivity index (χ3n) is 4.86. The van der Waals surface area contributed by atoms with E-state index in [9.17, 15) is 9.59 Å². The van der Waals surface area contributed by atoms with Crippen molar-refractivity contribution < 1.29 is 4.79 Å². The van der Waals surface area contributed by atoms with Gasteiger partial charge in [-0.1, -0.05) is 54.1 Å². The van der Waals surface area contributed by atoms with Gasteiger partial charge in [0, 0.05) is 17.3 Å². The van der Waals surface area contributed by atoms with Crippen LogP contribution in [0.5, 0.6) is 0 Å². The molecule has 1 heterocycles. The van der Waals surface area contributed by atoms with E-state index in [1.165, 1.54) is 10.7 Å². The predicted molar refractivity (Wildman–Crippen MR) is 116 cm³/mol. The number of carbonyl (C=O) groups is 1. The average Bonchev–Trinajstić information content (AvgIpc) is 2.71. The van der Waals surface area contributed by atoms with Crippen LogP contribution in [0.3, 0.4) is 0 Å². The Labute approximate surface area is 168 Å². The van der Waals surface area contributed by atoms with E-state index in [-0.39, 0.29) is 18.0 Å². The molecule has 0 saturated carbocycles. The lowest BCUT2D eigenvalue weighted by Gasteiger charge is -2.11. The molecule has 0 aliphatic carbocycles. The quantitative estimate of drug-likeness (QED) is 0.571. The van der Waals surface area contributed by atoms with Gasteiger partial charge in [0.05, 0.1) is 5.69 Å². The topological polar surface area (TPSA) is 64.0 Å². The fourth-order valence-corrected chi connectivity index (χ4v) is 3.34. The summed E-state index contributed by atoms with van der Waals surface area (Å²) in [5, 5.41) is 9.50. The zero-order chi connectivity index (χ0) is 20.4. The number of carbonyl (C=O) groups excluding carboxylic acids is 1. The number of anilines is 1. The van der Waals surface area contributed by atoms with Crippen LogP contribution in [-0.2, 0) is 11.3 Å². The van der Waals surface area contributed by atoms with E-state index >= 15 is 0 Å². The number of amides is 1. The van der Waals surface area contributed by atoms with E-state index in [0.717, 1.165) is 33.2 Å². The van der Waals surface area contributed by atoms with Crippen LogP contribution in [0.4, 0.5) is 5.69 Å². The van der Waals surface area contributed by atoms with Crippen LogP contribution in [-0.4, -0.2) is 15.7 Å². The zero-order valence-electron chi connectivity index (χ0n) is 16.3. The van der Waals surface area contributed by atoms with Crippen molar-refractivity contribution in [3.05, 3.63) is 94.3 Å². The van der Waals surface area contributed by atoms with Crippen LogP contribution >= 0.6 is 0 Å². The molecule has 0 atom stereocenters. The maximum atomic E-state index is 12.5. The third-order valence-corrected chi connectivity index (χ3v) is 4.86. The molecule has 4 rings (SSSR count). The van der Waals surface area contributed by atoms with Crippen LogP contribution in [0.2, 0.25) is 0 Å². The predicted octanol–water partition coefficient (Wildman–Crippen LogP) is 4.32. The van der Waals surface area contributed by atoms with E-state index in [1.807, 2.05) is 74.5 Å². The first kappa shape index (κ1) is 18.6. The van der Waals surface area contributed by atoms with Crippen LogP contribution in [0.15, 0.2) is 77.6 Å². The summed E-state index contributed by atoms with van der Waals surface area (Å²) < 4.78 is 1.20. The van der Waals surface area contributed by atoms with Gasteiger partial charge in [0.1, 0.15) is 6.54 Å².